The number of fused-ring (bicyclic) bond motifs is 1. The molecule has 0 fully saturated rings. The van der Waals surface area contributed by atoms with E-state index >= 15 is 0 Å². The number of aliphatic imine (C=N–C) groups is 1. The highest BCUT2D eigenvalue weighted by molar-refractivity contribution is 9.12. The molecule has 0 amide bonds. The normalized spacial score (nSPS) is 19.2. The summed E-state index contributed by atoms with van der Waals surface area (Å²) in [6, 6.07) is 0. The van der Waals surface area contributed by atoms with E-state index in [1.54, 1.807) is 6.08 Å². The second-order valence-corrected chi connectivity index (χ2v) is 3.30. The van der Waals surface area contributed by atoms with E-state index in [1.807, 2.05) is 0 Å². The summed E-state index contributed by atoms with van der Waals surface area (Å²) in [5.41, 5.74) is 1.16. The molecule has 2 aliphatic rings. The fraction of sp³-hybridized carbons (Fsp3) is 0.250. The van der Waals surface area contributed by atoms with E-state index in [-0.39, 0.29) is 5.97 Å². The minimum absolute atomic E-state index is 0.324. The largest absolute Gasteiger partial charge is 0.468 e. The van der Waals surface area contributed by atoms with Gasteiger partial charge in [-0.25, -0.2) is 9.79 Å². The monoisotopic (exact) mass is 243 g/mol. The first-order valence-electron chi connectivity index (χ1n) is 3.62. The van der Waals surface area contributed by atoms with Crippen molar-refractivity contribution in [3.05, 3.63) is 21.9 Å². The minimum Gasteiger partial charge on any atom is -0.468 e. The van der Waals surface area contributed by atoms with Gasteiger partial charge in [-0.3, -0.25) is 0 Å². The lowest BCUT2D eigenvalue weighted by Gasteiger charge is -2.00. The maximum atomic E-state index is 11.2. The number of esters is 1. The van der Waals surface area contributed by atoms with Gasteiger partial charge in [0, 0.05) is 0 Å². The summed E-state index contributed by atoms with van der Waals surface area (Å²) in [6.45, 7) is 0.324. The first kappa shape index (κ1) is 8.50. The Kier molecular flexibility index (Phi) is 1.95. The van der Waals surface area contributed by atoms with Crippen LogP contribution in [0.5, 0.6) is 0 Å². The lowest BCUT2D eigenvalue weighted by atomic mass is 10.3. The predicted octanol–water partition coefficient (Wildman–Crippen LogP) is 1.13. The van der Waals surface area contributed by atoms with Crippen molar-refractivity contribution in [2.75, 3.05) is 13.8 Å². The number of methoxy groups -OCH3 is 1. The summed E-state index contributed by atoms with van der Waals surface area (Å²) in [5.74, 6) is 0.237. The van der Waals surface area contributed by atoms with Gasteiger partial charge in [0.05, 0.1) is 17.2 Å². The molecule has 0 aromatic rings. The molecule has 13 heavy (non-hydrogen) atoms. The molecule has 2 rings (SSSR count). The van der Waals surface area contributed by atoms with Crippen LogP contribution < -0.4 is 0 Å². The Labute approximate surface area is 83.1 Å². The van der Waals surface area contributed by atoms with Crippen molar-refractivity contribution < 1.29 is 14.3 Å². The number of nitrogens with zero attached hydrogens (tertiary/aromatic N) is 1. The summed E-state index contributed by atoms with van der Waals surface area (Å²) in [5, 5.41) is 0. The molecule has 0 spiro atoms. The highest BCUT2D eigenvalue weighted by atomic mass is 79.9. The van der Waals surface area contributed by atoms with E-state index in [0.717, 1.165) is 0 Å². The number of allylic oxidation sites excluding steroid dienone is 1. The van der Waals surface area contributed by atoms with Crippen LogP contribution in [0.1, 0.15) is 0 Å². The number of rotatable bonds is 1. The lowest BCUT2D eigenvalue weighted by molar-refractivity contribution is -0.135. The smallest absolute Gasteiger partial charge is 0.339 e. The zero-order valence-corrected chi connectivity index (χ0v) is 8.42. The molecule has 0 aromatic carbocycles. The number of ether oxygens (including phenoxy) is 2. The summed E-state index contributed by atoms with van der Waals surface area (Å²) < 4.78 is 10.4. The fourth-order valence-corrected chi connectivity index (χ4v) is 1.77. The van der Waals surface area contributed by atoms with E-state index in [1.165, 1.54) is 7.11 Å². The fourth-order valence-electron chi connectivity index (χ4n) is 1.18. The van der Waals surface area contributed by atoms with Gasteiger partial charge in [-0.05, 0) is 22.0 Å². The summed E-state index contributed by atoms with van der Waals surface area (Å²) >= 11 is 3.26. The Morgan fingerprint density at radius 3 is 3.15 bits per heavy atom. The zero-order valence-electron chi connectivity index (χ0n) is 6.83. The maximum absolute atomic E-state index is 11.2. The van der Waals surface area contributed by atoms with E-state index in [0.29, 0.717) is 28.3 Å². The van der Waals surface area contributed by atoms with E-state index in [4.69, 9.17) is 4.74 Å². The second kappa shape index (κ2) is 2.99. The van der Waals surface area contributed by atoms with Crippen LogP contribution >= 0.6 is 15.9 Å². The van der Waals surface area contributed by atoms with Crippen molar-refractivity contribution in [2.45, 2.75) is 0 Å². The van der Waals surface area contributed by atoms with Gasteiger partial charge in [-0.15, -0.1) is 0 Å². The molecular weight excluding hydrogens is 238 g/mol. The quantitative estimate of drug-likeness (QED) is 0.649. The molecule has 1 aliphatic carbocycles. The van der Waals surface area contributed by atoms with Gasteiger partial charge in [-0.1, -0.05) is 0 Å². The molecule has 1 heterocycles. The van der Waals surface area contributed by atoms with Gasteiger partial charge < -0.3 is 9.47 Å². The number of carbonyl (C=O) groups is 1. The van der Waals surface area contributed by atoms with Crippen molar-refractivity contribution in [1.82, 2.24) is 0 Å². The lowest BCUT2D eigenvalue weighted by Crippen LogP contribution is -2.03. The van der Waals surface area contributed by atoms with Crippen molar-refractivity contribution in [1.29, 1.82) is 0 Å². The highest BCUT2D eigenvalue weighted by Crippen LogP contribution is 2.33. The number of halogens is 1. The van der Waals surface area contributed by atoms with Crippen molar-refractivity contribution in [3.63, 3.8) is 0 Å². The molecule has 0 N–H and O–H groups in total. The van der Waals surface area contributed by atoms with Crippen molar-refractivity contribution in [3.8, 4) is 0 Å². The first-order valence-corrected chi connectivity index (χ1v) is 4.41. The van der Waals surface area contributed by atoms with Crippen LogP contribution in [0.2, 0.25) is 0 Å². The van der Waals surface area contributed by atoms with Gasteiger partial charge in [0.2, 0.25) is 0 Å². The Balaban J connectivity index is 2.40. The molecule has 0 radical (unpaired) electrons. The summed E-state index contributed by atoms with van der Waals surface area (Å²) in [6.07, 6.45) is 1.65. The predicted molar refractivity (Wildman–Crippen MR) is 49.4 cm³/mol. The molecule has 1 aliphatic heterocycles. The molecule has 68 valence electrons. The average molecular weight is 244 g/mol. The molecular formula is C8H6BrNO3. The average Bonchev–Trinajstić information content (AvgIpc) is 2.68. The van der Waals surface area contributed by atoms with E-state index in [2.05, 4.69) is 25.7 Å². The first-order chi connectivity index (χ1) is 6.24. The topological polar surface area (TPSA) is 47.9 Å². The zero-order chi connectivity index (χ0) is 9.42. The molecule has 5 heteroatoms. The SMILES string of the molecule is COC(=O)C1=CC2=NCOC2=C1Br. The standard InChI is InChI=1S/C8H6BrNO3/c1-12-8(11)4-2-5-7(6(4)9)13-3-10-5/h2H,3H2,1H3. The van der Waals surface area contributed by atoms with Crippen LogP contribution in [0, 0.1) is 0 Å². The summed E-state index contributed by atoms with van der Waals surface area (Å²) in [7, 11) is 1.34. The molecule has 0 saturated heterocycles. The van der Waals surface area contributed by atoms with Gasteiger partial charge in [0.1, 0.15) is 5.71 Å². The third-order valence-electron chi connectivity index (χ3n) is 1.80. The van der Waals surface area contributed by atoms with Crippen LogP contribution in [-0.4, -0.2) is 25.5 Å². The third-order valence-corrected chi connectivity index (χ3v) is 2.59. The molecule has 0 bridgehead atoms. The number of hydrogen-bond acceptors (Lipinski definition) is 4. The van der Waals surface area contributed by atoms with Crippen LogP contribution in [0.3, 0.4) is 0 Å². The number of carbonyl (C=O) groups excluding carboxylic acids is 1. The third kappa shape index (κ3) is 1.19. The van der Waals surface area contributed by atoms with Gasteiger partial charge in [-0.2, -0.15) is 0 Å². The van der Waals surface area contributed by atoms with E-state index < -0.39 is 0 Å². The van der Waals surface area contributed by atoms with Crippen LogP contribution in [0.15, 0.2) is 26.9 Å². The Morgan fingerprint density at radius 1 is 1.77 bits per heavy atom. The van der Waals surface area contributed by atoms with E-state index in [9.17, 15) is 4.79 Å². The van der Waals surface area contributed by atoms with Crippen LogP contribution in [-0.2, 0) is 14.3 Å². The molecule has 0 atom stereocenters. The van der Waals surface area contributed by atoms with Crippen LogP contribution in [0.25, 0.3) is 0 Å². The minimum atomic E-state index is -0.389. The molecule has 4 nitrogen and oxygen atoms in total. The van der Waals surface area contributed by atoms with Crippen molar-refractivity contribution in [2.24, 2.45) is 4.99 Å². The van der Waals surface area contributed by atoms with Gasteiger partial charge in [0.15, 0.2) is 12.5 Å². The van der Waals surface area contributed by atoms with Crippen LogP contribution in [0.4, 0.5) is 0 Å². The molecule has 0 aromatic heterocycles. The Hall–Kier alpha value is -1.10. The van der Waals surface area contributed by atoms with Crippen molar-refractivity contribution >= 4 is 27.6 Å². The van der Waals surface area contributed by atoms with Gasteiger partial charge >= 0.3 is 5.97 Å². The Bertz CT molecular complexity index is 368. The number of hydrogen-bond donors (Lipinski definition) is 0. The highest BCUT2D eigenvalue weighted by Gasteiger charge is 2.30. The molecule has 0 saturated carbocycles. The molecule has 0 unspecified atom stereocenters. The maximum Gasteiger partial charge on any atom is 0.339 e. The van der Waals surface area contributed by atoms with Gasteiger partial charge in [0.25, 0.3) is 0 Å². The second-order valence-electron chi connectivity index (χ2n) is 2.51. The summed E-state index contributed by atoms with van der Waals surface area (Å²) in [4.78, 5) is 15.2. The Morgan fingerprint density at radius 2 is 2.54 bits per heavy atom.